The number of methoxy groups -OCH3 is 2. The third kappa shape index (κ3) is 5.27. The zero-order valence-electron chi connectivity index (χ0n) is 13.3. The van der Waals surface area contributed by atoms with Crippen molar-refractivity contribution in [1.29, 1.82) is 0 Å². The van der Waals surface area contributed by atoms with Crippen molar-refractivity contribution >= 4 is 33.7 Å². The van der Waals surface area contributed by atoms with Gasteiger partial charge in [0, 0.05) is 15.7 Å². The highest BCUT2D eigenvalue weighted by molar-refractivity contribution is 9.10. The Labute approximate surface area is 148 Å². The number of nitrogens with zero attached hydrogens (tertiary/aromatic N) is 1. The van der Waals surface area contributed by atoms with Crippen molar-refractivity contribution in [2.45, 2.75) is 0 Å². The first-order chi connectivity index (χ1) is 11.6. The molecule has 2 aromatic rings. The van der Waals surface area contributed by atoms with Crippen molar-refractivity contribution in [3.63, 3.8) is 0 Å². The van der Waals surface area contributed by atoms with Crippen LogP contribution in [0.5, 0.6) is 11.5 Å². The highest BCUT2D eigenvalue weighted by atomic mass is 79.9. The van der Waals surface area contributed by atoms with Gasteiger partial charge in [0.25, 0.3) is 5.91 Å². The third-order valence-corrected chi connectivity index (χ3v) is 3.54. The molecule has 0 aliphatic rings. The summed E-state index contributed by atoms with van der Waals surface area (Å²) in [6.07, 6.45) is 1.49. The number of nitrogens with one attached hydrogen (secondary N) is 1. The smallest absolute Gasteiger partial charge is 0.265 e. The number of oxime groups is 1. The molecule has 2 rings (SSSR count). The van der Waals surface area contributed by atoms with Crippen LogP contribution in [0.25, 0.3) is 0 Å². The monoisotopic (exact) mass is 392 g/mol. The number of carbonyl (C=O) groups is 1. The van der Waals surface area contributed by atoms with E-state index in [0.717, 1.165) is 10.0 Å². The van der Waals surface area contributed by atoms with Crippen LogP contribution in [-0.4, -0.2) is 32.9 Å². The van der Waals surface area contributed by atoms with Gasteiger partial charge in [-0.2, -0.15) is 0 Å². The summed E-state index contributed by atoms with van der Waals surface area (Å²) in [7, 11) is 3.13. The van der Waals surface area contributed by atoms with Crippen LogP contribution in [0.3, 0.4) is 0 Å². The molecule has 0 saturated heterocycles. The highest BCUT2D eigenvalue weighted by Gasteiger charge is 2.04. The molecule has 0 aliphatic carbocycles. The maximum Gasteiger partial charge on any atom is 0.265 e. The topological polar surface area (TPSA) is 69.2 Å². The molecule has 0 bridgehead atoms. The van der Waals surface area contributed by atoms with Gasteiger partial charge in [-0.05, 0) is 42.5 Å². The fraction of sp³-hybridized carbons (Fsp3) is 0.176. The summed E-state index contributed by atoms with van der Waals surface area (Å²) in [5, 5.41) is 6.48. The first kappa shape index (κ1) is 17.8. The molecule has 0 fully saturated rings. The highest BCUT2D eigenvalue weighted by Crippen LogP contribution is 2.26. The average molecular weight is 393 g/mol. The lowest BCUT2D eigenvalue weighted by Crippen LogP contribution is -2.16. The molecule has 7 heteroatoms. The number of hydrogen-bond donors (Lipinski definition) is 1. The van der Waals surface area contributed by atoms with Crippen LogP contribution in [0.15, 0.2) is 52.1 Å². The number of carbonyl (C=O) groups excluding carboxylic acids is 1. The summed E-state index contributed by atoms with van der Waals surface area (Å²) in [5.41, 5.74) is 1.46. The van der Waals surface area contributed by atoms with Crippen LogP contribution >= 0.6 is 15.9 Å². The molecular weight excluding hydrogens is 376 g/mol. The number of amides is 1. The quantitative estimate of drug-likeness (QED) is 0.578. The normalized spacial score (nSPS) is 10.5. The van der Waals surface area contributed by atoms with Gasteiger partial charge in [-0.3, -0.25) is 4.79 Å². The van der Waals surface area contributed by atoms with Crippen molar-refractivity contribution in [2.24, 2.45) is 5.16 Å². The summed E-state index contributed by atoms with van der Waals surface area (Å²) in [5.74, 6) is 0.931. The molecule has 24 heavy (non-hydrogen) atoms. The molecule has 0 radical (unpaired) electrons. The van der Waals surface area contributed by atoms with Gasteiger partial charge in [0.15, 0.2) is 18.1 Å². The van der Waals surface area contributed by atoms with Crippen LogP contribution < -0.4 is 14.8 Å². The van der Waals surface area contributed by atoms with Gasteiger partial charge in [0.1, 0.15) is 0 Å². The lowest BCUT2D eigenvalue weighted by molar-refractivity contribution is -0.120. The molecular formula is C17H17BrN2O4. The second-order valence-electron chi connectivity index (χ2n) is 4.68. The molecule has 0 aliphatic heterocycles. The molecule has 1 amide bonds. The van der Waals surface area contributed by atoms with E-state index in [4.69, 9.17) is 14.3 Å². The minimum atomic E-state index is -0.290. The predicted molar refractivity (Wildman–Crippen MR) is 95.9 cm³/mol. The van der Waals surface area contributed by atoms with E-state index in [-0.39, 0.29) is 12.5 Å². The molecule has 6 nitrogen and oxygen atoms in total. The maximum absolute atomic E-state index is 11.7. The number of benzene rings is 2. The molecule has 0 spiro atoms. The minimum Gasteiger partial charge on any atom is -0.493 e. The van der Waals surface area contributed by atoms with E-state index in [1.54, 1.807) is 44.6 Å². The Bertz CT molecular complexity index is 717. The molecule has 126 valence electrons. The fourth-order valence-corrected chi connectivity index (χ4v) is 2.12. The van der Waals surface area contributed by atoms with Crippen LogP contribution in [0.2, 0.25) is 0 Å². The number of hydrogen-bond acceptors (Lipinski definition) is 5. The van der Waals surface area contributed by atoms with E-state index in [1.165, 1.54) is 6.21 Å². The zero-order valence-corrected chi connectivity index (χ0v) is 14.9. The van der Waals surface area contributed by atoms with Crippen LogP contribution in [0, 0.1) is 0 Å². The van der Waals surface area contributed by atoms with Crippen LogP contribution in [-0.2, 0) is 9.63 Å². The molecule has 0 saturated carbocycles. The number of rotatable bonds is 7. The van der Waals surface area contributed by atoms with Crippen molar-refractivity contribution in [3.05, 3.63) is 52.5 Å². The lowest BCUT2D eigenvalue weighted by atomic mass is 10.2. The summed E-state index contributed by atoms with van der Waals surface area (Å²) in [6, 6.07) is 12.6. The first-order valence-electron chi connectivity index (χ1n) is 7.05. The zero-order chi connectivity index (χ0) is 17.4. The lowest BCUT2D eigenvalue weighted by Gasteiger charge is -2.07. The summed E-state index contributed by atoms with van der Waals surface area (Å²) in [4.78, 5) is 16.7. The van der Waals surface area contributed by atoms with Gasteiger partial charge in [-0.15, -0.1) is 0 Å². The molecule has 1 N–H and O–H groups in total. The van der Waals surface area contributed by atoms with Gasteiger partial charge in [0.05, 0.1) is 20.4 Å². The molecule has 0 unspecified atom stereocenters. The standard InChI is InChI=1S/C17H17BrN2O4/c1-22-15-8-3-12(9-16(15)23-2)10-19-24-11-17(21)20-14-6-4-13(18)5-7-14/h3-10H,11H2,1-2H3,(H,20,21)/b19-10-. The number of halogens is 1. The average Bonchev–Trinajstić information content (AvgIpc) is 2.60. The Balaban J connectivity index is 1.83. The predicted octanol–water partition coefficient (Wildman–Crippen LogP) is 3.46. The van der Waals surface area contributed by atoms with Crippen molar-refractivity contribution < 1.29 is 19.1 Å². The van der Waals surface area contributed by atoms with Crippen molar-refractivity contribution in [2.75, 3.05) is 26.1 Å². The maximum atomic E-state index is 11.7. The van der Waals surface area contributed by atoms with Crippen molar-refractivity contribution in [1.82, 2.24) is 0 Å². The Kier molecular flexibility index (Phi) is 6.62. The van der Waals surface area contributed by atoms with Gasteiger partial charge >= 0.3 is 0 Å². The summed E-state index contributed by atoms with van der Waals surface area (Å²) >= 11 is 3.33. The van der Waals surface area contributed by atoms with E-state index in [1.807, 2.05) is 12.1 Å². The van der Waals surface area contributed by atoms with E-state index in [9.17, 15) is 4.79 Å². The van der Waals surface area contributed by atoms with Crippen LogP contribution in [0.1, 0.15) is 5.56 Å². The number of ether oxygens (including phenoxy) is 2. The Morgan fingerprint density at radius 1 is 1.12 bits per heavy atom. The Hall–Kier alpha value is -2.54. The Morgan fingerprint density at radius 3 is 2.50 bits per heavy atom. The van der Waals surface area contributed by atoms with E-state index >= 15 is 0 Å². The fourth-order valence-electron chi connectivity index (χ4n) is 1.86. The third-order valence-electron chi connectivity index (χ3n) is 3.01. The second kappa shape index (κ2) is 8.93. The van der Waals surface area contributed by atoms with Gasteiger partial charge in [-0.25, -0.2) is 0 Å². The van der Waals surface area contributed by atoms with E-state index < -0.39 is 0 Å². The molecule has 0 heterocycles. The first-order valence-corrected chi connectivity index (χ1v) is 7.84. The number of anilines is 1. The van der Waals surface area contributed by atoms with E-state index in [2.05, 4.69) is 26.4 Å². The van der Waals surface area contributed by atoms with Gasteiger partial charge in [0.2, 0.25) is 0 Å². The van der Waals surface area contributed by atoms with Gasteiger partial charge in [-0.1, -0.05) is 21.1 Å². The molecule has 0 aromatic heterocycles. The summed E-state index contributed by atoms with van der Waals surface area (Å²) < 4.78 is 11.3. The molecule has 0 atom stereocenters. The van der Waals surface area contributed by atoms with Crippen molar-refractivity contribution in [3.8, 4) is 11.5 Å². The SMILES string of the molecule is COc1ccc(/C=N\OCC(=O)Nc2ccc(Br)cc2)cc1OC. The minimum absolute atomic E-state index is 0.181. The molecule has 2 aromatic carbocycles. The van der Waals surface area contributed by atoms with Gasteiger partial charge < -0.3 is 19.6 Å². The summed E-state index contributed by atoms with van der Waals surface area (Å²) in [6.45, 7) is -0.181. The second-order valence-corrected chi connectivity index (χ2v) is 5.59. The largest absolute Gasteiger partial charge is 0.493 e. The van der Waals surface area contributed by atoms with E-state index in [0.29, 0.717) is 17.2 Å². The Morgan fingerprint density at radius 2 is 1.83 bits per heavy atom. The van der Waals surface area contributed by atoms with Crippen LogP contribution in [0.4, 0.5) is 5.69 Å².